The molecule has 0 spiro atoms. The van der Waals surface area contributed by atoms with Gasteiger partial charge in [-0.25, -0.2) is 9.02 Å². The number of hydrogen-bond donors (Lipinski definition) is 3. The number of nitrogen functional groups attached to an aromatic ring is 1. The molecular formula is C19H21FN5O3+. The number of benzene rings is 2. The Morgan fingerprint density at radius 2 is 1.96 bits per heavy atom. The van der Waals surface area contributed by atoms with Crippen LogP contribution in [0.15, 0.2) is 53.2 Å². The molecule has 1 aromatic heterocycles. The SMILES string of the molecule is Nc1nonc1C(=O)NCC[NH2+]Cc1ccccc1OCc1ccc(F)cc1. The molecule has 0 aliphatic carbocycles. The van der Waals surface area contributed by atoms with Gasteiger partial charge in [0.15, 0.2) is 0 Å². The standard InChI is InChI=1S/C19H20FN5O3/c20-15-7-5-13(6-8-15)12-27-16-4-2-1-3-14(16)11-22-9-10-23-19(26)17-18(21)25-28-24-17/h1-8,22H,9-12H2,(H2,21,25)(H,23,26)/p+1. The highest BCUT2D eigenvalue weighted by atomic mass is 19.1. The summed E-state index contributed by atoms with van der Waals surface area (Å²) in [7, 11) is 0. The first-order chi connectivity index (χ1) is 13.6. The molecule has 3 rings (SSSR count). The zero-order valence-corrected chi connectivity index (χ0v) is 15.1. The van der Waals surface area contributed by atoms with Gasteiger partial charge in [-0.2, -0.15) is 0 Å². The molecular weight excluding hydrogens is 365 g/mol. The summed E-state index contributed by atoms with van der Waals surface area (Å²) in [5.41, 5.74) is 7.38. The Labute approximate surface area is 160 Å². The Balaban J connectivity index is 1.44. The first-order valence-corrected chi connectivity index (χ1v) is 8.76. The molecule has 0 saturated carbocycles. The number of para-hydroxylation sites is 1. The molecule has 0 radical (unpaired) electrons. The molecule has 0 unspecified atom stereocenters. The van der Waals surface area contributed by atoms with E-state index in [2.05, 4.69) is 20.3 Å². The Morgan fingerprint density at radius 1 is 1.18 bits per heavy atom. The van der Waals surface area contributed by atoms with E-state index in [1.54, 1.807) is 12.1 Å². The minimum atomic E-state index is -0.421. The van der Waals surface area contributed by atoms with Crippen LogP contribution in [-0.2, 0) is 13.2 Å². The average Bonchev–Trinajstić information content (AvgIpc) is 3.14. The molecule has 3 aromatic rings. The van der Waals surface area contributed by atoms with Gasteiger partial charge < -0.3 is 21.1 Å². The maximum absolute atomic E-state index is 13.0. The molecule has 0 saturated heterocycles. The van der Waals surface area contributed by atoms with E-state index in [1.807, 2.05) is 29.6 Å². The van der Waals surface area contributed by atoms with Crippen molar-refractivity contribution >= 4 is 11.7 Å². The second kappa shape index (κ2) is 9.47. The minimum Gasteiger partial charge on any atom is -0.488 e. The van der Waals surface area contributed by atoms with Crippen molar-refractivity contribution in [2.45, 2.75) is 13.2 Å². The van der Waals surface area contributed by atoms with Crippen molar-refractivity contribution < 1.29 is 23.9 Å². The number of ether oxygens (including phenoxy) is 1. The Bertz CT molecular complexity index is 914. The van der Waals surface area contributed by atoms with Crippen LogP contribution >= 0.6 is 0 Å². The quantitative estimate of drug-likeness (QED) is 0.469. The first-order valence-electron chi connectivity index (χ1n) is 8.76. The number of quaternary nitrogens is 1. The zero-order chi connectivity index (χ0) is 19.8. The number of nitrogens with one attached hydrogen (secondary N) is 1. The number of nitrogens with zero attached hydrogens (tertiary/aromatic N) is 2. The third-order valence-corrected chi connectivity index (χ3v) is 4.01. The highest BCUT2D eigenvalue weighted by Crippen LogP contribution is 2.18. The second-order valence-corrected chi connectivity index (χ2v) is 6.06. The van der Waals surface area contributed by atoms with Crippen molar-refractivity contribution in [1.29, 1.82) is 0 Å². The lowest BCUT2D eigenvalue weighted by atomic mass is 10.2. The molecule has 0 fully saturated rings. The first kappa shape index (κ1) is 19.3. The Kier molecular flexibility index (Phi) is 6.53. The zero-order valence-electron chi connectivity index (χ0n) is 15.1. The predicted octanol–water partition coefficient (Wildman–Crippen LogP) is 0.863. The van der Waals surface area contributed by atoms with Crippen molar-refractivity contribution in [1.82, 2.24) is 15.6 Å². The summed E-state index contributed by atoms with van der Waals surface area (Å²) in [6.45, 7) is 2.14. The minimum absolute atomic E-state index is 0.0143. The van der Waals surface area contributed by atoms with Gasteiger partial charge in [0.1, 0.15) is 24.7 Å². The normalized spacial score (nSPS) is 10.6. The topological polar surface area (TPSA) is 120 Å². The van der Waals surface area contributed by atoms with E-state index < -0.39 is 5.91 Å². The highest BCUT2D eigenvalue weighted by molar-refractivity contribution is 5.95. The lowest BCUT2D eigenvalue weighted by molar-refractivity contribution is -0.668. The fraction of sp³-hybridized carbons (Fsp3) is 0.211. The molecule has 9 heteroatoms. The summed E-state index contributed by atoms with van der Waals surface area (Å²) >= 11 is 0. The number of rotatable bonds is 9. The summed E-state index contributed by atoms with van der Waals surface area (Å²) < 4.78 is 23.2. The van der Waals surface area contributed by atoms with E-state index in [1.165, 1.54) is 12.1 Å². The largest absolute Gasteiger partial charge is 0.488 e. The molecule has 8 nitrogen and oxygen atoms in total. The van der Waals surface area contributed by atoms with E-state index in [0.717, 1.165) is 16.9 Å². The van der Waals surface area contributed by atoms with Gasteiger partial charge in [-0.15, -0.1) is 0 Å². The van der Waals surface area contributed by atoms with E-state index in [-0.39, 0.29) is 17.3 Å². The van der Waals surface area contributed by atoms with Crippen LogP contribution in [0.5, 0.6) is 5.75 Å². The van der Waals surface area contributed by atoms with Gasteiger partial charge in [0, 0.05) is 5.56 Å². The van der Waals surface area contributed by atoms with Crippen molar-refractivity contribution in [3.63, 3.8) is 0 Å². The van der Waals surface area contributed by atoms with Crippen molar-refractivity contribution in [2.24, 2.45) is 0 Å². The van der Waals surface area contributed by atoms with E-state index in [9.17, 15) is 9.18 Å². The van der Waals surface area contributed by atoms with Crippen LogP contribution < -0.4 is 21.1 Å². The number of aromatic nitrogens is 2. The van der Waals surface area contributed by atoms with Gasteiger partial charge in [0.05, 0.1) is 13.1 Å². The molecule has 1 heterocycles. The van der Waals surface area contributed by atoms with Crippen LogP contribution in [0.4, 0.5) is 10.2 Å². The van der Waals surface area contributed by atoms with Crippen molar-refractivity contribution in [2.75, 3.05) is 18.8 Å². The lowest BCUT2D eigenvalue weighted by Gasteiger charge is -2.11. The van der Waals surface area contributed by atoms with E-state index in [0.29, 0.717) is 26.2 Å². The number of hydrogen-bond acceptors (Lipinski definition) is 6. The second-order valence-electron chi connectivity index (χ2n) is 6.06. The van der Waals surface area contributed by atoms with Crippen LogP contribution in [0.3, 0.4) is 0 Å². The van der Waals surface area contributed by atoms with Crippen LogP contribution in [-0.4, -0.2) is 29.3 Å². The average molecular weight is 386 g/mol. The van der Waals surface area contributed by atoms with Gasteiger partial charge in [0.25, 0.3) is 5.91 Å². The molecule has 0 atom stereocenters. The maximum atomic E-state index is 13.0. The number of halogens is 1. The fourth-order valence-corrected chi connectivity index (χ4v) is 2.54. The fourth-order valence-electron chi connectivity index (χ4n) is 2.54. The van der Waals surface area contributed by atoms with Gasteiger partial charge in [-0.3, -0.25) is 4.79 Å². The molecule has 146 valence electrons. The molecule has 0 bridgehead atoms. The van der Waals surface area contributed by atoms with Crippen molar-refractivity contribution in [3.05, 3.63) is 71.2 Å². The number of carbonyl (C=O) groups is 1. The van der Waals surface area contributed by atoms with Crippen LogP contribution in [0.25, 0.3) is 0 Å². The van der Waals surface area contributed by atoms with Crippen molar-refractivity contribution in [3.8, 4) is 5.75 Å². The molecule has 2 aromatic carbocycles. The molecule has 5 N–H and O–H groups in total. The molecule has 0 aliphatic rings. The Morgan fingerprint density at radius 3 is 2.71 bits per heavy atom. The molecule has 0 aliphatic heterocycles. The maximum Gasteiger partial charge on any atom is 0.277 e. The van der Waals surface area contributed by atoms with Crippen LogP contribution in [0.2, 0.25) is 0 Å². The Hall–Kier alpha value is -3.46. The van der Waals surface area contributed by atoms with Crippen LogP contribution in [0, 0.1) is 5.82 Å². The number of anilines is 1. The predicted molar refractivity (Wildman–Crippen MR) is 98.7 cm³/mol. The van der Waals surface area contributed by atoms with E-state index in [4.69, 9.17) is 10.5 Å². The molecule has 1 amide bonds. The summed E-state index contributed by atoms with van der Waals surface area (Å²) in [5.74, 6) is 0.0470. The van der Waals surface area contributed by atoms with Gasteiger partial charge in [0.2, 0.25) is 11.5 Å². The third kappa shape index (κ3) is 5.27. The number of amides is 1. The van der Waals surface area contributed by atoms with E-state index >= 15 is 0 Å². The van der Waals surface area contributed by atoms with Gasteiger partial charge >= 0.3 is 0 Å². The number of nitrogens with two attached hydrogens (primary N) is 2. The molecule has 28 heavy (non-hydrogen) atoms. The highest BCUT2D eigenvalue weighted by Gasteiger charge is 2.15. The lowest BCUT2D eigenvalue weighted by Crippen LogP contribution is -2.84. The summed E-state index contributed by atoms with van der Waals surface area (Å²) in [6.07, 6.45) is 0. The monoisotopic (exact) mass is 386 g/mol. The summed E-state index contributed by atoms with van der Waals surface area (Å²) in [5, 5.41) is 11.6. The van der Waals surface area contributed by atoms with Crippen LogP contribution in [0.1, 0.15) is 21.6 Å². The van der Waals surface area contributed by atoms with Gasteiger partial charge in [-0.1, -0.05) is 24.3 Å². The number of carbonyl (C=O) groups excluding carboxylic acids is 1. The summed E-state index contributed by atoms with van der Waals surface area (Å²) in [6, 6.07) is 13.9. The smallest absolute Gasteiger partial charge is 0.277 e. The van der Waals surface area contributed by atoms with Gasteiger partial charge in [-0.05, 0) is 40.1 Å². The summed E-state index contributed by atoms with van der Waals surface area (Å²) in [4.78, 5) is 11.8. The third-order valence-electron chi connectivity index (χ3n) is 4.01.